The number of hydrazine groups is 1. The molecule has 5 heteroatoms. The zero-order valence-corrected chi connectivity index (χ0v) is 11.1. The molecule has 1 aromatic carbocycles. The highest BCUT2D eigenvalue weighted by Gasteiger charge is 2.49. The number of benzene rings is 1. The minimum absolute atomic E-state index is 0.117. The number of alkyl halides is 3. The second-order valence-electron chi connectivity index (χ2n) is 5.97. The van der Waals surface area contributed by atoms with Crippen LogP contribution in [0.5, 0.6) is 0 Å². The Morgan fingerprint density at radius 3 is 2.21 bits per heavy atom. The number of rotatable bonds is 4. The van der Waals surface area contributed by atoms with E-state index < -0.39 is 11.7 Å². The fourth-order valence-corrected chi connectivity index (χ4v) is 2.60. The average Bonchev–Trinajstić information content (AvgIpc) is 2.94. The molecule has 106 valence electrons. The fraction of sp³-hybridized carbons (Fsp3) is 0.571. The lowest BCUT2D eigenvalue weighted by molar-refractivity contribution is -0.137. The van der Waals surface area contributed by atoms with Crippen LogP contribution in [0.1, 0.15) is 31.4 Å². The van der Waals surface area contributed by atoms with Crippen molar-refractivity contribution >= 4 is 0 Å². The van der Waals surface area contributed by atoms with Crippen molar-refractivity contribution in [2.45, 2.75) is 38.9 Å². The third-order valence-electron chi connectivity index (χ3n) is 4.03. The van der Waals surface area contributed by atoms with Crippen LogP contribution in [0.2, 0.25) is 0 Å². The Labute approximate surface area is 111 Å². The van der Waals surface area contributed by atoms with Gasteiger partial charge in [0.25, 0.3) is 0 Å². The molecule has 2 unspecified atom stereocenters. The summed E-state index contributed by atoms with van der Waals surface area (Å²) in [7, 11) is 0. The molecule has 0 aliphatic heterocycles. The Hall–Kier alpha value is -1.07. The van der Waals surface area contributed by atoms with Gasteiger partial charge in [-0.2, -0.15) is 13.2 Å². The van der Waals surface area contributed by atoms with Crippen molar-refractivity contribution in [3.63, 3.8) is 0 Å². The number of nitrogens with two attached hydrogens (primary N) is 1. The standard InChI is InChI=1S/C14H19F3N2/c1-13(2)8-11(13)12(19-18)7-9-3-5-10(6-4-9)14(15,16)17/h3-6,11-12,19H,7-8,18H2,1-2H3. The summed E-state index contributed by atoms with van der Waals surface area (Å²) in [5.74, 6) is 6.04. The zero-order valence-electron chi connectivity index (χ0n) is 11.1. The van der Waals surface area contributed by atoms with Crippen molar-refractivity contribution < 1.29 is 13.2 Å². The van der Waals surface area contributed by atoms with E-state index in [2.05, 4.69) is 19.3 Å². The maximum Gasteiger partial charge on any atom is 0.416 e. The predicted molar refractivity (Wildman–Crippen MR) is 68.1 cm³/mol. The van der Waals surface area contributed by atoms with Crippen LogP contribution in [0.4, 0.5) is 13.2 Å². The highest BCUT2D eigenvalue weighted by atomic mass is 19.4. The quantitative estimate of drug-likeness (QED) is 0.653. The van der Waals surface area contributed by atoms with Crippen LogP contribution in [0.25, 0.3) is 0 Å². The van der Waals surface area contributed by atoms with Crippen molar-refractivity contribution in [3.8, 4) is 0 Å². The van der Waals surface area contributed by atoms with Gasteiger partial charge >= 0.3 is 6.18 Å². The molecule has 1 saturated carbocycles. The minimum Gasteiger partial charge on any atom is -0.271 e. The summed E-state index contributed by atoms with van der Waals surface area (Å²) in [6.45, 7) is 4.35. The third-order valence-corrected chi connectivity index (χ3v) is 4.03. The van der Waals surface area contributed by atoms with Crippen LogP contribution >= 0.6 is 0 Å². The number of hydrogen-bond donors (Lipinski definition) is 2. The van der Waals surface area contributed by atoms with E-state index in [1.165, 1.54) is 12.1 Å². The maximum atomic E-state index is 12.5. The van der Waals surface area contributed by atoms with Crippen LogP contribution < -0.4 is 11.3 Å². The topological polar surface area (TPSA) is 38.0 Å². The Morgan fingerprint density at radius 1 is 1.32 bits per heavy atom. The van der Waals surface area contributed by atoms with E-state index >= 15 is 0 Å². The van der Waals surface area contributed by atoms with Crippen molar-refractivity contribution in [3.05, 3.63) is 35.4 Å². The summed E-state index contributed by atoms with van der Waals surface area (Å²) in [6.07, 6.45) is -2.52. The van der Waals surface area contributed by atoms with Crippen LogP contribution in [0.3, 0.4) is 0 Å². The molecule has 1 aromatic rings. The molecule has 0 bridgehead atoms. The molecule has 0 amide bonds. The molecule has 2 rings (SSSR count). The average molecular weight is 272 g/mol. The van der Waals surface area contributed by atoms with E-state index in [-0.39, 0.29) is 11.5 Å². The van der Waals surface area contributed by atoms with Crippen molar-refractivity contribution in [2.75, 3.05) is 0 Å². The Kier molecular flexibility index (Phi) is 3.62. The molecular weight excluding hydrogens is 253 g/mol. The van der Waals surface area contributed by atoms with Crippen molar-refractivity contribution in [1.29, 1.82) is 0 Å². The van der Waals surface area contributed by atoms with Gasteiger partial charge in [-0.15, -0.1) is 0 Å². The van der Waals surface area contributed by atoms with Gasteiger partial charge in [-0.05, 0) is 41.9 Å². The summed E-state index contributed by atoms with van der Waals surface area (Å²) in [4.78, 5) is 0. The van der Waals surface area contributed by atoms with Crippen molar-refractivity contribution in [1.82, 2.24) is 5.43 Å². The van der Waals surface area contributed by atoms with E-state index in [9.17, 15) is 13.2 Å². The molecule has 0 spiro atoms. The highest BCUT2D eigenvalue weighted by molar-refractivity contribution is 5.25. The molecule has 0 saturated heterocycles. The second kappa shape index (κ2) is 4.80. The largest absolute Gasteiger partial charge is 0.416 e. The first kappa shape index (κ1) is 14.3. The fourth-order valence-electron chi connectivity index (χ4n) is 2.60. The molecule has 1 aliphatic carbocycles. The van der Waals surface area contributed by atoms with Crippen LogP contribution in [-0.4, -0.2) is 6.04 Å². The first-order valence-corrected chi connectivity index (χ1v) is 6.36. The van der Waals surface area contributed by atoms with E-state index in [4.69, 9.17) is 5.84 Å². The second-order valence-corrected chi connectivity index (χ2v) is 5.97. The summed E-state index contributed by atoms with van der Waals surface area (Å²) in [6, 6.07) is 5.43. The van der Waals surface area contributed by atoms with Gasteiger partial charge in [0.1, 0.15) is 0 Å². The van der Waals surface area contributed by atoms with E-state index in [1.807, 2.05) is 0 Å². The number of nitrogens with one attached hydrogen (secondary N) is 1. The van der Waals surface area contributed by atoms with E-state index in [1.54, 1.807) is 0 Å². The molecule has 0 heterocycles. The van der Waals surface area contributed by atoms with Crippen LogP contribution in [-0.2, 0) is 12.6 Å². The third kappa shape index (κ3) is 3.28. The predicted octanol–water partition coefficient (Wildman–Crippen LogP) is 3.13. The first-order valence-electron chi connectivity index (χ1n) is 6.36. The molecule has 0 aromatic heterocycles. The summed E-state index contributed by atoms with van der Waals surface area (Å²) >= 11 is 0. The zero-order chi connectivity index (χ0) is 14.3. The smallest absolute Gasteiger partial charge is 0.271 e. The van der Waals surface area contributed by atoms with E-state index in [0.717, 1.165) is 24.1 Å². The van der Waals surface area contributed by atoms with Crippen LogP contribution in [0.15, 0.2) is 24.3 Å². The number of hydrogen-bond acceptors (Lipinski definition) is 2. The summed E-state index contributed by atoms with van der Waals surface area (Å²) < 4.78 is 37.4. The minimum atomic E-state index is -4.28. The Bertz CT molecular complexity index is 437. The Balaban J connectivity index is 2.03. The number of halogens is 3. The lowest BCUT2D eigenvalue weighted by Crippen LogP contribution is -2.39. The molecule has 0 radical (unpaired) electrons. The van der Waals surface area contributed by atoms with Crippen molar-refractivity contribution in [2.24, 2.45) is 17.2 Å². The lowest BCUT2D eigenvalue weighted by Gasteiger charge is -2.18. The van der Waals surface area contributed by atoms with Gasteiger partial charge < -0.3 is 0 Å². The van der Waals surface area contributed by atoms with Gasteiger partial charge in [0, 0.05) is 6.04 Å². The first-order chi connectivity index (χ1) is 8.74. The monoisotopic (exact) mass is 272 g/mol. The van der Waals surface area contributed by atoms with Gasteiger partial charge in [0.15, 0.2) is 0 Å². The molecular formula is C14H19F3N2. The van der Waals surface area contributed by atoms with Gasteiger partial charge in [0.2, 0.25) is 0 Å². The molecule has 19 heavy (non-hydrogen) atoms. The molecule has 1 fully saturated rings. The SMILES string of the molecule is CC1(C)CC1C(Cc1ccc(C(F)(F)F)cc1)NN. The normalized spacial score (nSPS) is 23.2. The highest BCUT2D eigenvalue weighted by Crippen LogP contribution is 2.53. The van der Waals surface area contributed by atoms with Crippen LogP contribution in [0, 0.1) is 11.3 Å². The summed E-state index contributed by atoms with van der Waals surface area (Å²) in [5.41, 5.74) is 3.33. The molecule has 2 atom stereocenters. The molecule has 3 N–H and O–H groups in total. The van der Waals surface area contributed by atoms with Gasteiger partial charge in [-0.25, -0.2) is 0 Å². The Morgan fingerprint density at radius 2 is 1.84 bits per heavy atom. The van der Waals surface area contributed by atoms with Gasteiger partial charge in [-0.1, -0.05) is 26.0 Å². The maximum absolute atomic E-state index is 12.5. The van der Waals surface area contributed by atoms with Gasteiger partial charge in [-0.3, -0.25) is 11.3 Å². The molecule has 1 aliphatic rings. The van der Waals surface area contributed by atoms with Gasteiger partial charge in [0.05, 0.1) is 5.56 Å². The summed E-state index contributed by atoms with van der Waals surface area (Å²) in [5, 5.41) is 0. The lowest BCUT2D eigenvalue weighted by atomic mass is 9.97. The van der Waals surface area contributed by atoms with E-state index in [0.29, 0.717) is 12.3 Å². The molecule has 2 nitrogen and oxygen atoms in total.